The van der Waals surface area contributed by atoms with Crippen molar-refractivity contribution in [3.05, 3.63) is 58.3 Å². The lowest BCUT2D eigenvalue weighted by Crippen LogP contribution is -2.04. The molecule has 0 radical (unpaired) electrons. The van der Waals surface area contributed by atoms with Crippen LogP contribution in [-0.2, 0) is 6.42 Å². The number of pyridine rings is 1. The molecule has 25 heavy (non-hydrogen) atoms. The second-order valence-electron chi connectivity index (χ2n) is 6.79. The Labute approximate surface area is 152 Å². The molecule has 1 aliphatic rings. The molecule has 1 nitrogen and oxygen atoms in total. The van der Waals surface area contributed by atoms with Gasteiger partial charge in [-0.25, -0.2) is 9.37 Å². The Kier molecular flexibility index (Phi) is 5.53. The summed E-state index contributed by atoms with van der Waals surface area (Å²) in [5.41, 5.74) is 2.79. The molecule has 0 N–H and O–H groups in total. The van der Waals surface area contributed by atoms with Crippen molar-refractivity contribution in [2.24, 2.45) is 5.92 Å². The number of halogens is 3. The molecule has 0 spiro atoms. The van der Waals surface area contributed by atoms with Gasteiger partial charge in [0.1, 0.15) is 0 Å². The van der Waals surface area contributed by atoms with Crippen LogP contribution in [0.25, 0.3) is 16.8 Å². The number of nitrogens with zero attached hydrogens (tertiary/aromatic N) is 1. The van der Waals surface area contributed by atoms with E-state index in [1.807, 2.05) is 6.92 Å². The lowest BCUT2D eigenvalue weighted by molar-refractivity contribution is 0.529. The number of hydrogen-bond acceptors (Lipinski definition) is 1. The molecule has 0 saturated carbocycles. The average molecular weight is 362 g/mol. The van der Waals surface area contributed by atoms with Gasteiger partial charge in [0.15, 0.2) is 5.82 Å². The fourth-order valence-corrected chi connectivity index (χ4v) is 3.54. The highest BCUT2D eigenvalue weighted by molar-refractivity contribution is 6.31. The number of allylic oxidation sites excluding steroid dienone is 2. The fraction of sp³-hybridized carbons (Fsp3) is 0.381. The molecule has 132 valence electrons. The van der Waals surface area contributed by atoms with Crippen LogP contribution in [-0.4, -0.2) is 4.98 Å². The van der Waals surface area contributed by atoms with Crippen LogP contribution in [0.5, 0.6) is 0 Å². The molecule has 1 aromatic heterocycles. The number of benzene rings is 1. The van der Waals surface area contributed by atoms with Gasteiger partial charge in [-0.3, -0.25) is 0 Å². The zero-order chi connectivity index (χ0) is 18.0. The zero-order valence-electron chi connectivity index (χ0n) is 14.6. The Morgan fingerprint density at radius 3 is 2.56 bits per heavy atom. The van der Waals surface area contributed by atoms with E-state index in [0.717, 1.165) is 36.8 Å². The Morgan fingerprint density at radius 1 is 1.16 bits per heavy atom. The van der Waals surface area contributed by atoms with Crippen LogP contribution in [0.3, 0.4) is 0 Å². The van der Waals surface area contributed by atoms with E-state index in [1.165, 1.54) is 0 Å². The molecule has 2 aromatic rings. The van der Waals surface area contributed by atoms with Crippen molar-refractivity contribution in [1.82, 2.24) is 4.98 Å². The van der Waals surface area contributed by atoms with Crippen LogP contribution in [0.4, 0.5) is 8.78 Å². The van der Waals surface area contributed by atoms with Crippen molar-refractivity contribution < 1.29 is 8.78 Å². The van der Waals surface area contributed by atoms with Gasteiger partial charge < -0.3 is 0 Å². The first-order valence-corrected chi connectivity index (χ1v) is 9.22. The predicted octanol–water partition coefficient (Wildman–Crippen LogP) is 6.84. The number of rotatable bonds is 4. The monoisotopic (exact) mass is 361 g/mol. The highest BCUT2D eigenvalue weighted by atomic mass is 35.5. The van der Waals surface area contributed by atoms with Gasteiger partial charge in [0.25, 0.3) is 0 Å². The lowest BCUT2D eigenvalue weighted by Gasteiger charge is -2.18. The summed E-state index contributed by atoms with van der Waals surface area (Å²) in [4.78, 5) is 4.01. The molecule has 1 unspecified atom stereocenters. The van der Waals surface area contributed by atoms with E-state index in [0.29, 0.717) is 17.9 Å². The van der Waals surface area contributed by atoms with Crippen molar-refractivity contribution in [1.29, 1.82) is 0 Å². The molecular weight excluding hydrogens is 340 g/mol. The van der Waals surface area contributed by atoms with E-state index in [4.69, 9.17) is 11.6 Å². The largest absolute Gasteiger partial charge is 0.220 e. The Morgan fingerprint density at radius 2 is 1.92 bits per heavy atom. The standard InChI is InChI=1S/C21H22ClF2N/c1-3-4-15-9-10-17(20(23)19(15)22)18-12-11-16(21(24)25-18)14-7-5-13(2)6-8-14/h7,9-13H,3-6,8H2,1-2H3. The summed E-state index contributed by atoms with van der Waals surface area (Å²) >= 11 is 6.13. The molecule has 0 fully saturated rings. The summed E-state index contributed by atoms with van der Waals surface area (Å²) in [6, 6.07) is 6.80. The molecule has 0 amide bonds. The predicted molar refractivity (Wildman–Crippen MR) is 99.6 cm³/mol. The van der Waals surface area contributed by atoms with Crippen LogP contribution in [0.1, 0.15) is 50.7 Å². The molecule has 3 rings (SSSR count). The average Bonchev–Trinajstić information content (AvgIpc) is 2.60. The summed E-state index contributed by atoms with van der Waals surface area (Å²) in [7, 11) is 0. The van der Waals surface area contributed by atoms with Crippen molar-refractivity contribution in [3.8, 4) is 11.3 Å². The maximum Gasteiger partial charge on any atom is 0.220 e. The SMILES string of the molecule is CCCc1ccc(-c2ccc(C3=CCC(C)CC3)c(F)n2)c(F)c1Cl. The van der Waals surface area contributed by atoms with Crippen molar-refractivity contribution in [2.45, 2.75) is 46.0 Å². The quantitative estimate of drug-likeness (QED) is 0.543. The van der Waals surface area contributed by atoms with Gasteiger partial charge in [-0.1, -0.05) is 44.0 Å². The van der Waals surface area contributed by atoms with Gasteiger partial charge in [0.2, 0.25) is 5.95 Å². The van der Waals surface area contributed by atoms with Crippen molar-refractivity contribution in [2.75, 3.05) is 0 Å². The first kappa shape index (κ1) is 18.1. The third-order valence-corrected chi connectivity index (χ3v) is 5.23. The summed E-state index contributed by atoms with van der Waals surface area (Å²) < 4.78 is 29.1. The maximum absolute atomic E-state index is 14.6. The van der Waals surface area contributed by atoms with Crippen LogP contribution in [0.2, 0.25) is 5.02 Å². The first-order chi connectivity index (χ1) is 12.0. The van der Waals surface area contributed by atoms with E-state index < -0.39 is 11.8 Å². The second kappa shape index (κ2) is 7.65. The highest BCUT2D eigenvalue weighted by Crippen LogP contribution is 2.34. The lowest BCUT2D eigenvalue weighted by atomic mass is 9.88. The Hall–Kier alpha value is -1.74. The Bertz CT molecular complexity index is 814. The minimum Gasteiger partial charge on any atom is -0.219 e. The van der Waals surface area contributed by atoms with Gasteiger partial charge in [-0.15, -0.1) is 0 Å². The van der Waals surface area contributed by atoms with Gasteiger partial charge in [0.05, 0.1) is 10.7 Å². The number of aryl methyl sites for hydroxylation is 1. The van der Waals surface area contributed by atoms with Crippen LogP contribution in [0.15, 0.2) is 30.3 Å². The third kappa shape index (κ3) is 3.77. The smallest absolute Gasteiger partial charge is 0.219 e. The molecule has 0 bridgehead atoms. The molecule has 0 aliphatic heterocycles. The van der Waals surface area contributed by atoms with Crippen LogP contribution >= 0.6 is 11.6 Å². The third-order valence-electron chi connectivity index (χ3n) is 4.83. The molecule has 0 saturated heterocycles. The minimum atomic E-state index is -0.550. The molecule has 1 aromatic carbocycles. The Balaban J connectivity index is 1.95. The fourth-order valence-electron chi connectivity index (χ4n) is 3.28. The van der Waals surface area contributed by atoms with E-state index >= 15 is 0 Å². The summed E-state index contributed by atoms with van der Waals surface area (Å²) in [5.74, 6) is -0.443. The molecular formula is C21H22ClF2N. The van der Waals surface area contributed by atoms with Gasteiger partial charge >= 0.3 is 0 Å². The summed E-state index contributed by atoms with van der Waals surface area (Å²) in [5, 5.41) is 0.106. The van der Waals surface area contributed by atoms with Gasteiger partial charge in [0, 0.05) is 11.1 Å². The van der Waals surface area contributed by atoms with E-state index in [1.54, 1.807) is 24.3 Å². The first-order valence-electron chi connectivity index (χ1n) is 8.84. The molecule has 1 atom stereocenters. The summed E-state index contributed by atoms with van der Waals surface area (Å²) in [6.45, 7) is 4.21. The van der Waals surface area contributed by atoms with Crippen LogP contribution in [0, 0.1) is 17.7 Å². The van der Waals surface area contributed by atoms with E-state index in [-0.39, 0.29) is 16.3 Å². The maximum atomic E-state index is 14.6. The zero-order valence-corrected chi connectivity index (χ0v) is 15.3. The topological polar surface area (TPSA) is 12.9 Å². The summed E-state index contributed by atoms with van der Waals surface area (Å²) in [6.07, 6.45) is 6.54. The van der Waals surface area contributed by atoms with E-state index in [9.17, 15) is 8.78 Å². The van der Waals surface area contributed by atoms with Crippen LogP contribution < -0.4 is 0 Å². The molecule has 4 heteroatoms. The number of hydrogen-bond donors (Lipinski definition) is 0. The molecule has 1 aliphatic carbocycles. The van der Waals surface area contributed by atoms with E-state index in [2.05, 4.69) is 18.0 Å². The van der Waals surface area contributed by atoms with Gasteiger partial charge in [-0.05, 0) is 60.9 Å². The molecule has 1 heterocycles. The van der Waals surface area contributed by atoms with Crippen molar-refractivity contribution >= 4 is 17.2 Å². The normalized spacial score (nSPS) is 17.5. The highest BCUT2D eigenvalue weighted by Gasteiger charge is 2.18. The number of aromatic nitrogens is 1. The van der Waals surface area contributed by atoms with Gasteiger partial charge in [-0.2, -0.15) is 4.39 Å². The minimum absolute atomic E-state index is 0.106. The van der Waals surface area contributed by atoms with Crippen molar-refractivity contribution in [3.63, 3.8) is 0 Å². The second-order valence-corrected chi connectivity index (χ2v) is 7.17.